The van der Waals surface area contributed by atoms with Gasteiger partial charge in [0, 0.05) is 32.4 Å². The van der Waals surface area contributed by atoms with Crippen molar-refractivity contribution in [2.45, 2.75) is 16.7 Å². The van der Waals surface area contributed by atoms with Crippen molar-refractivity contribution < 1.29 is 16.8 Å². The molecular formula is C13H20N2O4S2. The Hall–Kier alpha value is -0.960. The van der Waals surface area contributed by atoms with Gasteiger partial charge in [0.1, 0.15) is 0 Å². The lowest BCUT2D eigenvalue weighted by atomic mass is 10.2. The molecule has 0 bridgehead atoms. The van der Waals surface area contributed by atoms with Crippen LogP contribution in [0.2, 0.25) is 0 Å². The summed E-state index contributed by atoms with van der Waals surface area (Å²) in [6.45, 7) is 3.85. The molecule has 0 aromatic heterocycles. The molecular weight excluding hydrogens is 312 g/mol. The van der Waals surface area contributed by atoms with Crippen molar-refractivity contribution in [3.8, 4) is 0 Å². The Kier molecular flexibility index (Phi) is 4.44. The van der Waals surface area contributed by atoms with E-state index >= 15 is 0 Å². The summed E-state index contributed by atoms with van der Waals surface area (Å²) in [5.74, 6) is 0. The fourth-order valence-electron chi connectivity index (χ4n) is 2.26. The van der Waals surface area contributed by atoms with Crippen LogP contribution < -0.4 is 0 Å². The predicted molar refractivity (Wildman–Crippen MR) is 80.5 cm³/mol. The zero-order chi connectivity index (χ0) is 15.8. The van der Waals surface area contributed by atoms with Gasteiger partial charge in [0.15, 0.2) is 9.84 Å². The van der Waals surface area contributed by atoms with Crippen LogP contribution in [0.4, 0.5) is 0 Å². The number of likely N-dealkylation sites (N-methyl/N-ethyl adjacent to an activating group) is 1. The van der Waals surface area contributed by atoms with E-state index in [1.54, 1.807) is 13.0 Å². The normalized spacial score (nSPS) is 18.8. The Labute approximate surface area is 126 Å². The zero-order valence-corrected chi connectivity index (χ0v) is 14.0. The van der Waals surface area contributed by atoms with Crippen molar-refractivity contribution >= 4 is 19.9 Å². The molecule has 1 aromatic carbocycles. The van der Waals surface area contributed by atoms with Crippen LogP contribution in [0.5, 0.6) is 0 Å². The number of hydrogen-bond donors (Lipinski definition) is 0. The first-order chi connectivity index (χ1) is 9.62. The molecule has 0 spiro atoms. The maximum absolute atomic E-state index is 12.7. The average molecular weight is 332 g/mol. The monoisotopic (exact) mass is 332 g/mol. The first-order valence-electron chi connectivity index (χ1n) is 6.62. The minimum Gasteiger partial charge on any atom is -0.304 e. The summed E-state index contributed by atoms with van der Waals surface area (Å²) in [6.07, 6.45) is 1.07. The maximum Gasteiger partial charge on any atom is 0.243 e. The first-order valence-corrected chi connectivity index (χ1v) is 9.95. The largest absolute Gasteiger partial charge is 0.304 e. The highest BCUT2D eigenvalue weighted by Gasteiger charge is 2.29. The fourth-order valence-corrected chi connectivity index (χ4v) is 4.65. The van der Waals surface area contributed by atoms with Crippen molar-refractivity contribution in [2.24, 2.45) is 0 Å². The summed E-state index contributed by atoms with van der Waals surface area (Å²) in [6, 6.07) is 4.24. The lowest BCUT2D eigenvalue weighted by molar-refractivity contribution is 0.222. The van der Waals surface area contributed by atoms with Gasteiger partial charge in [-0.25, -0.2) is 16.8 Å². The molecule has 0 atom stereocenters. The van der Waals surface area contributed by atoms with Crippen LogP contribution in [0.1, 0.15) is 5.56 Å². The van der Waals surface area contributed by atoms with E-state index in [2.05, 4.69) is 4.90 Å². The van der Waals surface area contributed by atoms with Gasteiger partial charge in [0.2, 0.25) is 10.0 Å². The molecule has 1 fully saturated rings. The molecule has 0 N–H and O–H groups in total. The highest BCUT2D eigenvalue weighted by Crippen LogP contribution is 2.24. The van der Waals surface area contributed by atoms with Gasteiger partial charge in [0.25, 0.3) is 0 Å². The molecule has 0 saturated carbocycles. The van der Waals surface area contributed by atoms with Crippen LogP contribution >= 0.6 is 0 Å². The minimum atomic E-state index is -3.66. The summed E-state index contributed by atoms with van der Waals surface area (Å²) >= 11 is 0. The summed E-state index contributed by atoms with van der Waals surface area (Å²) in [4.78, 5) is 2.17. The molecule has 0 unspecified atom stereocenters. The van der Waals surface area contributed by atoms with Crippen molar-refractivity contribution in [2.75, 3.05) is 39.5 Å². The number of sulfonamides is 1. The van der Waals surface area contributed by atoms with Crippen molar-refractivity contribution in [1.82, 2.24) is 9.21 Å². The average Bonchev–Trinajstić information content (AvgIpc) is 2.38. The highest BCUT2D eigenvalue weighted by atomic mass is 32.2. The van der Waals surface area contributed by atoms with E-state index in [0.717, 1.165) is 6.26 Å². The third kappa shape index (κ3) is 3.45. The van der Waals surface area contributed by atoms with E-state index in [4.69, 9.17) is 0 Å². The van der Waals surface area contributed by atoms with E-state index in [-0.39, 0.29) is 9.79 Å². The number of rotatable bonds is 3. The van der Waals surface area contributed by atoms with Gasteiger partial charge in [0.05, 0.1) is 9.79 Å². The van der Waals surface area contributed by atoms with Gasteiger partial charge >= 0.3 is 0 Å². The Morgan fingerprint density at radius 1 is 1.00 bits per heavy atom. The minimum absolute atomic E-state index is 0.0285. The SMILES string of the molecule is Cc1ccc(S(C)(=O)=O)cc1S(=O)(=O)N1CCN(C)CC1. The Balaban J connectivity index is 2.45. The summed E-state index contributed by atoms with van der Waals surface area (Å²) < 4.78 is 50.1. The first kappa shape index (κ1) is 16.4. The van der Waals surface area contributed by atoms with Crippen LogP contribution in [0, 0.1) is 6.92 Å². The lowest BCUT2D eigenvalue weighted by Crippen LogP contribution is -2.47. The Bertz CT molecular complexity index is 733. The van der Waals surface area contributed by atoms with Crippen molar-refractivity contribution in [3.63, 3.8) is 0 Å². The second kappa shape index (κ2) is 5.68. The number of aryl methyl sites for hydroxylation is 1. The number of nitrogens with zero attached hydrogens (tertiary/aromatic N) is 2. The standard InChI is InChI=1S/C13H20N2O4S2/c1-11-4-5-12(20(3,16)17)10-13(11)21(18,19)15-8-6-14(2)7-9-15/h4-5,10H,6-9H2,1-3H3. The van der Waals surface area contributed by atoms with Crippen LogP contribution in [-0.4, -0.2) is 65.5 Å². The number of hydrogen-bond acceptors (Lipinski definition) is 5. The van der Waals surface area contributed by atoms with Gasteiger partial charge < -0.3 is 4.90 Å². The molecule has 0 amide bonds. The van der Waals surface area contributed by atoms with Crippen LogP contribution in [0.25, 0.3) is 0 Å². The van der Waals surface area contributed by atoms with Gasteiger partial charge in [-0.3, -0.25) is 0 Å². The maximum atomic E-state index is 12.7. The van der Waals surface area contributed by atoms with E-state index in [1.807, 2.05) is 7.05 Å². The summed E-state index contributed by atoms with van der Waals surface area (Å²) in [7, 11) is -5.15. The molecule has 1 aliphatic heterocycles. The van der Waals surface area contributed by atoms with Crippen LogP contribution in [-0.2, 0) is 19.9 Å². The second-order valence-electron chi connectivity index (χ2n) is 5.41. The summed E-state index contributed by atoms with van der Waals surface area (Å²) in [5, 5.41) is 0. The molecule has 1 aliphatic rings. The fraction of sp³-hybridized carbons (Fsp3) is 0.538. The highest BCUT2D eigenvalue weighted by molar-refractivity contribution is 7.91. The number of piperazine rings is 1. The molecule has 1 saturated heterocycles. The van der Waals surface area contributed by atoms with Gasteiger partial charge in [-0.05, 0) is 31.7 Å². The number of benzene rings is 1. The summed E-state index contributed by atoms with van der Waals surface area (Å²) in [5.41, 5.74) is 0.557. The molecule has 1 heterocycles. The van der Waals surface area contributed by atoms with Gasteiger partial charge in [-0.2, -0.15) is 4.31 Å². The van der Waals surface area contributed by atoms with Crippen molar-refractivity contribution in [1.29, 1.82) is 0 Å². The van der Waals surface area contributed by atoms with Gasteiger partial charge in [-0.1, -0.05) is 6.07 Å². The second-order valence-corrected chi connectivity index (χ2v) is 9.33. The van der Waals surface area contributed by atoms with E-state index < -0.39 is 19.9 Å². The van der Waals surface area contributed by atoms with Crippen molar-refractivity contribution in [3.05, 3.63) is 23.8 Å². The molecule has 2 rings (SSSR count). The molecule has 0 aliphatic carbocycles. The zero-order valence-electron chi connectivity index (χ0n) is 12.4. The van der Waals surface area contributed by atoms with Gasteiger partial charge in [-0.15, -0.1) is 0 Å². The molecule has 21 heavy (non-hydrogen) atoms. The third-order valence-electron chi connectivity index (χ3n) is 3.67. The molecule has 6 nitrogen and oxygen atoms in total. The predicted octanol–water partition coefficient (Wildman–Crippen LogP) is 0.335. The molecule has 0 radical (unpaired) electrons. The Morgan fingerprint density at radius 3 is 2.10 bits per heavy atom. The Morgan fingerprint density at radius 2 is 1.57 bits per heavy atom. The van der Waals surface area contributed by atoms with E-state index in [1.165, 1.54) is 16.4 Å². The third-order valence-corrected chi connectivity index (χ3v) is 6.82. The quantitative estimate of drug-likeness (QED) is 0.798. The molecule has 118 valence electrons. The van der Waals surface area contributed by atoms with Crippen LogP contribution in [0.15, 0.2) is 28.0 Å². The lowest BCUT2D eigenvalue weighted by Gasteiger charge is -2.32. The number of sulfone groups is 1. The van der Waals surface area contributed by atoms with Crippen LogP contribution in [0.3, 0.4) is 0 Å². The van der Waals surface area contributed by atoms with E-state index in [0.29, 0.717) is 31.7 Å². The molecule has 1 aromatic rings. The topological polar surface area (TPSA) is 74.8 Å². The molecule has 8 heteroatoms. The smallest absolute Gasteiger partial charge is 0.243 e. The van der Waals surface area contributed by atoms with E-state index in [9.17, 15) is 16.8 Å².